The standard InChI is InChI=1S/C9H20N2O2/c1-4-13-9(12)8(2)7-11(3)6-5-10/h8H,4-7,10H2,1-3H3. The van der Waals surface area contributed by atoms with Crippen molar-refractivity contribution < 1.29 is 9.53 Å². The molecule has 0 fully saturated rings. The van der Waals surface area contributed by atoms with Gasteiger partial charge in [-0.15, -0.1) is 0 Å². The number of ether oxygens (including phenoxy) is 1. The van der Waals surface area contributed by atoms with Gasteiger partial charge in [-0.25, -0.2) is 0 Å². The van der Waals surface area contributed by atoms with Crippen molar-refractivity contribution in [1.82, 2.24) is 4.90 Å². The number of nitrogens with two attached hydrogens (primary N) is 1. The van der Waals surface area contributed by atoms with Crippen molar-refractivity contribution in [3.8, 4) is 0 Å². The zero-order valence-corrected chi connectivity index (χ0v) is 8.75. The second-order valence-electron chi connectivity index (χ2n) is 3.20. The van der Waals surface area contributed by atoms with Crippen molar-refractivity contribution in [2.75, 3.05) is 33.3 Å². The smallest absolute Gasteiger partial charge is 0.309 e. The van der Waals surface area contributed by atoms with E-state index >= 15 is 0 Å². The van der Waals surface area contributed by atoms with Gasteiger partial charge < -0.3 is 15.4 Å². The highest BCUT2D eigenvalue weighted by Crippen LogP contribution is 2.00. The molecular formula is C9H20N2O2. The van der Waals surface area contributed by atoms with Crippen molar-refractivity contribution >= 4 is 5.97 Å². The molecule has 0 rings (SSSR count). The summed E-state index contributed by atoms with van der Waals surface area (Å²) in [7, 11) is 1.95. The first-order valence-corrected chi connectivity index (χ1v) is 4.67. The molecule has 4 nitrogen and oxygen atoms in total. The van der Waals surface area contributed by atoms with Crippen LogP contribution < -0.4 is 5.73 Å². The minimum absolute atomic E-state index is 0.0727. The third-order valence-electron chi connectivity index (χ3n) is 1.79. The van der Waals surface area contributed by atoms with Gasteiger partial charge in [0, 0.05) is 19.6 Å². The predicted molar refractivity (Wildman–Crippen MR) is 52.3 cm³/mol. The van der Waals surface area contributed by atoms with E-state index in [1.54, 1.807) is 0 Å². The maximum absolute atomic E-state index is 11.2. The van der Waals surface area contributed by atoms with Crippen molar-refractivity contribution in [1.29, 1.82) is 0 Å². The molecule has 0 amide bonds. The Morgan fingerprint density at radius 1 is 1.62 bits per heavy atom. The third kappa shape index (κ3) is 5.60. The van der Waals surface area contributed by atoms with E-state index in [4.69, 9.17) is 10.5 Å². The average Bonchev–Trinajstić information content (AvgIpc) is 2.05. The lowest BCUT2D eigenvalue weighted by atomic mass is 10.2. The lowest BCUT2D eigenvalue weighted by Crippen LogP contribution is -2.33. The summed E-state index contributed by atoms with van der Waals surface area (Å²) < 4.78 is 4.89. The number of carbonyl (C=O) groups is 1. The number of rotatable bonds is 6. The Balaban J connectivity index is 3.71. The second kappa shape index (κ2) is 6.86. The molecule has 0 aliphatic rings. The van der Waals surface area contributed by atoms with Crippen LogP contribution in [-0.2, 0) is 9.53 Å². The average molecular weight is 188 g/mol. The first-order chi connectivity index (χ1) is 6.11. The fourth-order valence-corrected chi connectivity index (χ4v) is 1.14. The first kappa shape index (κ1) is 12.4. The van der Waals surface area contributed by atoms with Crippen LogP contribution in [0.3, 0.4) is 0 Å². The number of likely N-dealkylation sites (N-methyl/N-ethyl adjacent to an activating group) is 1. The van der Waals surface area contributed by atoms with Crippen LogP contribution in [0.1, 0.15) is 13.8 Å². The molecule has 78 valence electrons. The van der Waals surface area contributed by atoms with Gasteiger partial charge in [-0.2, -0.15) is 0 Å². The molecule has 0 aromatic rings. The molecule has 1 atom stereocenters. The summed E-state index contributed by atoms with van der Waals surface area (Å²) in [5.41, 5.74) is 5.38. The molecule has 0 bridgehead atoms. The Labute approximate surface area is 80.0 Å². The minimum atomic E-state index is -0.133. The minimum Gasteiger partial charge on any atom is -0.466 e. The van der Waals surface area contributed by atoms with Crippen LogP contribution in [0.5, 0.6) is 0 Å². The van der Waals surface area contributed by atoms with Gasteiger partial charge in [0.1, 0.15) is 0 Å². The molecular weight excluding hydrogens is 168 g/mol. The van der Waals surface area contributed by atoms with E-state index in [0.717, 1.165) is 6.54 Å². The van der Waals surface area contributed by atoms with Crippen molar-refractivity contribution in [3.63, 3.8) is 0 Å². The Morgan fingerprint density at radius 3 is 2.69 bits per heavy atom. The molecule has 0 aliphatic carbocycles. The van der Waals surface area contributed by atoms with E-state index in [-0.39, 0.29) is 11.9 Å². The van der Waals surface area contributed by atoms with E-state index in [1.807, 2.05) is 25.8 Å². The Bertz CT molecular complexity index is 151. The summed E-state index contributed by atoms with van der Waals surface area (Å²) in [6.45, 7) is 6.26. The highest BCUT2D eigenvalue weighted by atomic mass is 16.5. The zero-order valence-electron chi connectivity index (χ0n) is 8.75. The van der Waals surface area contributed by atoms with E-state index in [9.17, 15) is 4.79 Å². The molecule has 0 radical (unpaired) electrons. The third-order valence-corrected chi connectivity index (χ3v) is 1.79. The van der Waals surface area contributed by atoms with Gasteiger partial charge in [0.15, 0.2) is 0 Å². The van der Waals surface area contributed by atoms with E-state index in [1.165, 1.54) is 0 Å². The molecule has 0 aromatic heterocycles. The van der Waals surface area contributed by atoms with E-state index in [2.05, 4.69) is 0 Å². The molecule has 4 heteroatoms. The summed E-state index contributed by atoms with van der Waals surface area (Å²) >= 11 is 0. The fraction of sp³-hybridized carbons (Fsp3) is 0.889. The van der Waals surface area contributed by atoms with Crippen molar-refractivity contribution in [3.05, 3.63) is 0 Å². The lowest BCUT2D eigenvalue weighted by molar-refractivity contribution is -0.147. The lowest BCUT2D eigenvalue weighted by Gasteiger charge is -2.19. The van der Waals surface area contributed by atoms with Crippen molar-refractivity contribution in [2.45, 2.75) is 13.8 Å². The van der Waals surface area contributed by atoms with Crippen LogP contribution in [0.2, 0.25) is 0 Å². The van der Waals surface area contributed by atoms with Crippen molar-refractivity contribution in [2.24, 2.45) is 11.7 Å². The van der Waals surface area contributed by atoms with Gasteiger partial charge in [0.25, 0.3) is 0 Å². The molecule has 0 saturated heterocycles. The number of hydrogen-bond donors (Lipinski definition) is 1. The summed E-state index contributed by atoms with van der Waals surface area (Å²) in [4.78, 5) is 13.2. The van der Waals surface area contributed by atoms with E-state index in [0.29, 0.717) is 19.7 Å². The quantitative estimate of drug-likeness (QED) is 0.600. The van der Waals surface area contributed by atoms with Crippen LogP contribution >= 0.6 is 0 Å². The van der Waals surface area contributed by atoms with Gasteiger partial charge in [0.05, 0.1) is 12.5 Å². The largest absolute Gasteiger partial charge is 0.466 e. The topological polar surface area (TPSA) is 55.6 Å². The van der Waals surface area contributed by atoms with Crippen LogP contribution in [0, 0.1) is 5.92 Å². The fourth-order valence-electron chi connectivity index (χ4n) is 1.14. The SMILES string of the molecule is CCOC(=O)C(C)CN(C)CCN. The highest BCUT2D eigenvalue weighted by Gasteiger charge is 2.15. The first-order valence-electron chi connectivity index (χ1n) is 4.67. The van der Waals surface area contributed by atoms with Crippen LogP contribution in [0.25, 0.3) is 0 Å². The molecule has 0 aliphatic heterocycles. The Morgan fingerprint density at radius 2 is 2.23 bits per heavy atom. The second-order valence-corrected chi connectivity index (χ2v) is 3.20. The van der Waals surface area contributed by atoms with Gasteiger partial charge in [-0.1, -0.05) is 6.92 Å². The summed E-state index contributed by atoms with van der Waals surface area (Å²) in [6.07, 6.45) is 0. The molecule has 0 saturated carbocycles. The molecule has 0 heterocycles. The van der Waals surface area contributed by atoms with Crippen LogP contribution in [0.15, 0.2) is 0 Å². The Hall–Kier alpha value is -0.610. The number of esters is 1. The van der Waals surface area contributed by atoms with Crippen LogP contribution in [-0.4, -0.2) is 44.2 Å². The zero-order chi connectivity index (χ0) is 10.3. The monoisotopic (exact) mass is 188 g/mol. The highest BCUT2D eigenvalue weighted by molar-refractivity contribution is 5.72. The maximum atomic E-state index is 11.2. The van der Waals surface area contributed by atoms with Gasteiger partial charge in [-0.3, -0.25) is 4.79 Å². The summed E-state index contributed by atoms with van der Waals surface area (Å²) in [5, 5.41) is 0. The number of nitrogens with zero attached hydrogens (tertiary/aromatic N) is 1. The summed E-state index contributed by atoms with van der Waals surface area (Å²) in [5.74, 6) is -0.206. The Kier molecular flexibility index (Phi) is 6.54. The summed E-state index contributed by atoms with van der Waals surface area (Å²) in [6, 6.07) is 0. The van der Waals surface area contributed by atoms with Gasteiger partial charge >= 0.3 is 5.97 Å². The molecule has 1 unspecified atom stereocenters. The molecule has 0 spiro atoms. The maximum Gasteiger partial charge on any atom is 0.309 e. The van der Waals surface area contributed by atoms with E-state index < -0.39 is 0 Å². The van der Waals surface area contributed by atoms with Gasteiger partial charge in [0.2, 0.25) is 0 Å². The van der Waals surface area contributed by atoms with Gasteiger partial charge in [-0.05, 0) is 14.0 Å². The molecule has 13 heavy (non-hydrogen) atoms. The molecule has 0 aromatic carbocycles. The number of hydrogen-bond acceptors (Lipinski definition) is 4. The normalized spacial score (nSPS) is 13.0. The number of carbonyl (C=O) groups excluding carboxylic acids is 1. The predicted octanol–water partition coefficient (Wildman–Crippen LogP) is 0.0761. The molecule has 2 N–H and O–H groups in total. The van der Waals surface area contributed by atoms with Crippen LogP contribution in [0.4, 0.5) is 0 Å².